The van der Waals surface area contributed by atoms with Gasteiger partial charge < -0.3 is 19.7 Å². The van der Waals surface area contributed by atoms with Gasteiger partial charge in [-0.05, 0) is 42.2 Å². The number of rotatable bonds is 10. The fourth-order valence-electron chi connectivity index (χ4n) is 3.85. The Bertz CT molecular complexity index is 968. The Labute approximate surface area is 196 Å². The first kappa shape index (κ1) is 24.3. The monoisotopic (exact) mass is 451 g/mol. The van der Waals surface area contributed by atoms with Crippen molar-refractivity contribution in [2.24, 2.45) is 0 Å². The van der Waals surface area contributed by atoms with Crippen molar-refractivity contribution in [3.8, 4) is 11.5 Å². The summed E-state index contributed by atoms with van der Waals surface area (Å²) in [7, 11) is 1.58. The van der Waals surface area contributed by atoms with Gasteiger partial charge in [-0.2, -0.15) is 0 Å². The smallest absolute Gasteiger partial charge is 0.260 e. The van der Waals surface area contributed by atoms with Gasteiger partial charge in [-0.25, -0.2) is 0 Å². The maximum atomic E-state index is 12.6. The van der Waals surface area contributed by atoms with Crippen LogP contribution in [0.5, 0.6) is 11.5 Å². The lowest BCUT2D eigenvalue weighted by Gasteiger charge is -2.34. The van der Waals surface area contributed by atoms with Gasteiger partial charge in [0.2, 0.25) is 5.91 Å². The Hall–Kier alpha value is -3.32. The lowest BCUT2D eigenvalue weighted by atomic mass is 10.1. The predicted octanol–water partition coefficient (Wildman–Crippen LogP) is 3.15. The molecule has 2 amide bonds. The maximum Gasteiger partial charge on any atom is 0.260 e. The molecule has 3 rings (SSSR count). The number of piperazine rings is 1. The molecule has 176 valence electrons. The van der Waals surface area contributed by atoms with E-state index in [-0.39, 0.29) is 18.4 Å². The number of nitrogens with one attached hydrogen (secondary N) is 1. The average molecular weight is 452 g/mol. The van der Waals surface area contributed by atoms with Crippen LogP contribution in [0.25, 0.3) is 0 Å². The van der Waals surface area contributed by atoms with Crippen LogP contribution in [0.3, 0.4) is 0 Å². The summed E-state index contributed by atoms with van der Waals surface area (Å²) in [4.78, 5) is 29.0. The normalized spacial score (nSPS) is 13.9. The summed E-state index contributed by atoms with van der Waals surface area (Å²) in [5.41, 5.74) is 3.05. The van der Waals surface area contributed by atoms with E-state index >= 15 is 0 Å². The van der Waals surface area contributed by atoms with Crippen LogP contribution in [0, 0.1) is 0 Å². The molecule has 1 saturated heterocycles. The number of aryl methyl sites for hydroxylation is 1. The van der Waals surface area contributed by atoms with E-state index < -0.39 is 0 Å². The molecule has 2 aromatic carbocycles. The Balaban J connectivity index is 1.44. The lowest BCUT2D eigenvalue weighted by molar-refractivity contribution is -0.135. The number of methoxy groups -OCH3 is 1. The molecular formula is C26H33N3O4. The van der Waals surface area contributed by atoms with Crippen LogP contribution in [0.1, 0.15) is 18.1 Å². The van der Waals surface area contributed by atoms with Crippen molar-refractivity contribution in [2.75, 3.05) is 51.8 Å². The van der Waals surface area contributed by atoms with Crippen molar-refractivity contribution in [1.82, 2.24) is 9.80 Å². The van der Waals surface area contributed by atoms with Gasteiger partial charge in [-0.15, -0.1) is 6.58 Å². The molecule has 1 aliphatic heterocycles. The molecule has 0 atom stereocenters. The number of hydrogen-bond acceptors (Lipinski definition) is 5. The number of carbonyl (C=O) groups excluding carboxylic acids is 2. The first-order valence-electron chi connectivity index (χ1n) is 11.3. The highest BCUT2D eigenvalue weighted by molar-refractivity contribution is 5.93. The van der Waals surface area contributed by atoms with Crippen LogP contribution >= 0.6 is 0 Å². The minimum Gasteiger partial charge on any atom is -0.493 e. The molecule has 2 aromatic rings. The van der Waals surface area contributed by atoms with Crippen molar-refractivity contribution < 1.29 is 19.1 Å². The molecule has 1 heterocycles. The number of amides is 2. The van der Waals surface area contributed by atoms with E-state index in [0.29, 0.717) is 44.2 Å². The van der Waals surface area contributed by atoms with Gasteiger partial charge in [0.05, 0.1) is 13.7 Å². The number of benzene rings is 2. The molecule has 1 fully saturated rings. The molecule has 1 aliphatic rings. The van der Waals surface area contributed by atoms with Crippen LogP contribution < -0.4 is 14.8 Å². The Morgan fingerprint density at radius 1 is 1.09 bits per heavy atom. The van der Waals surface area contributed by atoms with E-state index in [1.807, 2.05) is 48.5 Å². The van der Waals surface area contributed by atoms with Crippen molar-refractivity contribution in [2.45, 2.75) is 19.8 Å². The summed E-state index contributed by atoms with van der Waals surface area (Å²) < 4.78 is 11.1. The number of carbonyl (C=O) groups is 2. The van der Waals surface area contributed by atoms with Crippen molar-refractivity contribution >= 4 is 17.5 Å². The molecule has 0 saturated carbocycles. The Morgan fingerprint density at radius 2 is 1.85 bits per heavy atom. The van der Waals surface area contributed by atoms with E-state index in [0.717, 1.165) is 29.7 Å². The zero-order chi connectivity index (χ0) is 23.6. The topological polar surface area (TPSA) is 71.1 Å². The number of anilines is 1. The standard InChI is InChI=1S/C26H33N3O4/c1-4-8-20-11-12-23(24(17-20)32-3)33-19-26(31)29-15-13-28(14-16-29)18-25(30)27-22-10-7-6-9-21(22)5-2/h4,6-7,9-12,17H,1,5,8,13-16,18-19H2,2-3H3,(H,27,30). The number of hydrogen-bond donors (Lipinski definition) is 1. The predicted molar refractivity (Wildman–Crippen MR) is 130 cm³/mol. The minimum atomic E-state index is -0.0757. The maximum absolute atomic E-state index is 12.6. The summed E-state index contributed by atoms with van der Waals surface area (Å²) in [6.07, 6.45) is 3.43. The quantitative estimate of drug-likeness (QED) is 0.562. The molecule has 0 bridgehead atoms. The van der Waals surface area contributed by atoms with Gasteiger partial charge >= 0.3 is 0 Å². The van der Waals surface area contributed by atoms with Gasteiger partial charge in [-0.1, -0.05) is 37.3 Å². The second-order valence-electron chi connectivity index (χ2n) is 7.98. The fourth-order valence-corrected chi connectivity index (χ4v) is 3.85. The first-order chi connectivity index (χ1) is 16.0. The molecule has 7 nitrogen and oxygen atoms in total. The van der Waals surface area contributed by atoms with E-state index in [2.05, 4.69) is 23.7 Å². The van der Waals surface area contributed by atoms with E-state index in [1.54, 1.807) is 12.0 Å². The highest BCUT2D eigenvalue weighted by Gasteiger charge is 2.23. The third-order valence-electron chi connectivity index (χ3n) is 5.72. The van der Waals surface area contributed by atoms with Crippen molar-refractivity contribution in [3.63, 3.8) is 0 Å². The molecular weight excluding hydrogens is 418 g/mol. The van der Waals surface area contributed by atoms with Crippen molar-refractivity contribution in [3.05, 3.63) is 66.2 Å². The summed E-state index contributed by atoms with van der Waals surface area (Å²) >= 11 is 0. The van der Waals surface area contributed by atoms with Crippen LogP contribution in [-0.2, 0) is 22.4 Å². The Morgan fingerprint density at radius 3 is 2.55 bits per heavy atom. The van der Waals surface area contributed by atoms with Crippen LogP contribution in [0.2, 0.25) is 0 Å². The molecule has 7 heteroatoms. The van der Waals surface area contributed by atoms with Gasteiger partial charge in [0, 0.05) is 31.9 Å². The number of nitrogens with zero attached hydrogens (tertiary/aromatic N) is 2. The molecule has 0 aromatic heterocycles. The molecule has 0 aliphatic carbocycles. The summed E-state index contributed by atoms with van der Waals surface area (Å²) in [5, 5.41) is 3.01. The Kier molecular flexibility index (Phi) is 8.89. The molecule has 0 radical (unpaired) electrons. The molecule has 1 N–H and O–H groups in total. The average Bonchev–Trinajstić information content (AvgIpc) is 2.83. The third kappa shape index (κ3) is 6.83. The van der Waals surface area contributed by atoms with E-state index in [9.17, 15) is 9.59 Å². The largest absolute Gasteiger partial charge is 0.493 e. The summed E-state index contributed by atoms with van der Waals surface area (Å²) in [5.74, 6) is 1.03. The van der Waals surface area contributed by atoms with Crippen LogP contribution in [-0.4, -0.2) is 68.1 Å². The highest BCUT2D eigenvalue weighted by Crippen LogP contribution is 2.28. The third-order valence-corrected chi connectivity index (χ3v) is 5.72. The molecule has 0 unspecified atom stereocenters. The second-order valence-corrected chi connectivity index (χ2v) is 7.98. The first-order valence-corrected chi connectivity index (χ1v) is 11.3. The van der Waals surface area contributed by atoms with E-state index in [4.69, 9.17) is 9.47 Å². The SMILES string of the molecule is C=CCc1ccc(OCC(=O)N2CCN(CC(=O)Nc3ccccc3CC)CC2)c(OC)c1. The molecule has 33 heavy (non-hydrogen) atoms. The van der Waals surface area contributed by atoms with Crippen molar-refractivity contribution in [1.29, 1.82) is 0 Å². The zero-order valence-corrected chi connectivity index (χ0v) is 19.5. The van der Waals surface area contributed by atoms with Crippen LogP contribution in [0.15, 0.2) is 55.1 Å². The van der Waals surface area contributed by atoms with Gasteiger partial charge in [0.25, 0.3) is 5.91 Å². The van der Waals surface area contributed by atoms with Gasteiger partial charge in [0.15, 0.2) is 18.1 Å². The van der Waals surface area contributed by atoms with Gasteiger partial charge in [0.1, 0.15) is 0 Å². The number of allylic oxidation sites excluding steroid dienone is 1. The lowest BCUT2D eigenvalue weighted by Crippen LogP contribution is -2.51. The zero-order valence-electron chi connectivity index (χ0n) is 19.5. The minimum absolute atomic E-state index is 0.0361. The van der Waals surface area contributed by atoms with Gasteiger partial charge in [-0.3, -0.25) is 14.5 Å². The fraction of sp³-hybridized carbons (Fsp3) is 0.385. The summed E-state index contributed by atoms with van der Waals surface area (Å²) in [6, 6.07) is 13.5. The number of para-hydroxylation sites is 1. The highest BCUT2D eigenvalue weighted by atomic mass is 16.5. The van der Waals surface area contributed by atoms with Crippen LogP contribution in [0.4, 0.5) is 5.69 Å². The number of ether oxygens (including phenoxy) is 2. The molecule has 0 spiro atoms. The summed E-state index contributed by atoms with van der Waals surface area (Å²) in [6.45, 7) is 8.50. The second kappa shape index (κ2) is 12.1. The van der Waals surface area contributed by atoms with E-state index in [1.165, 1.54) is 0 Å².